The normalized spacial score (nSPS) is 11.1. The summed E-state index contributed by atoms with van der Waals surface area (Å²) in [5.74, 6) is -0.117. The summed E-state index contributed by atoms with van der Waals surface area (Å²) in [6.07, 6.45) is 0.477. The van der Waals surface area contributed by atoms with Gasteiger partial charge in [0.1, 0.15) is 5.75 Å². The van der Waals surface area contributed by atoms with Crippen LogP contribution in [0.25, 0.3) is 0 Å². The average molecular weight is 405 g/mol. The molecule has 0 aliphatic rings. The van der Waals surface area contributed by atoms with Crippen molar-refractivity contribution in [3.63, 3.8) is 0 Å². The van der Waals surface area contributed by atoms with Gasteiger partial charge >= 0.3 is 5.97 Å². The molecule has 0 atom stereocenters. The number of carbonyl (C=O) groups excluding carboxylic acids is 2. The lowest BCUT2D eigenvalue weighted by atomic mass is 10.1. The zero-order chi connectivity index (χ0) is 20.6. The molecule has 7 nitrogen and oxygen atoms in total. The van der Waals surface area contributed by atoms with Crippen LogP contribution in [0.15, 0.2) is 53.4 Å². The SMILES string of the molecule is CCOc1ccc(C(=O)COC(=O)CCc2ccc(S(=O)(=O)NC)cc2)cc1. The monoisotopic (exact) mass is 405 g/mol. The Bertz CT molecular complexity index is 905. The third-order valence-corrected chi connectivity index (χ3v) is 5.40. The van der Waals surface area contributed by atoms with Crippen molar-refractivity contribution < 1.29 is 27.5 Å². The highest BCUT2D eigenvalue weighted by atomic mass is 32.2. The Balaban J connectivity index is 1.80. The first-order valence-corrected chi connectivity index (χ1v) is 10.3. The summed E-state index contributed by atoms with van der Waals surface area (Å²) < 4.78 is 35.9. The van der Waals surface area contributed by atoms with Gasteiger partial charge in [0.2, 0.25) is 10.0 Å². The standard InChI is InChI=1S/C20H23NO6S/c1-3-26-17-9-7-16(8-10-17)19(22)14-27-20(23)13-6-15-4-11-18(12-5-15)28(24,25)21-2/h4-5,7-12,21H,3,6,13-14H2,1-2H3. The lowest BCUT2D eigenvalue weighted by Gasteiger charge is -2.07. The summed E-state index contributed by atoms with van der Waals surface area (Å²) in [6.45, 7) is 2.09. The van der Waals surface area contributed by atoms with Crippen LogP contribution in [0.3, 0.4) is 0 Å². The molecule has 2 aromatic carbocycles. The van der Waals surface area contributed by atoms with E-state index in [9.17, 15) is 18.0 Å². The van der Waals surface area contributed by atoms with Crippen molar-refractivity contribution in [2.24, 2.45) is 0 Å². The topological polar surface area (TPSA) is 98.8 Å². The number of sulfonamides is 1. The largest absolute Gasteiger partial charge is 0.494 e. The Morgan fingerprint density at radius 3 is 2.21 bits per heavy atom. The van der Waals surface area contributed by atoms with Crippen LogP contribution in [-0.2, 0) is 26.0 Å². The quantitative estimate of drug-likeness (QED) is 0.481. The van der Waals surface area contributed by atoms with Gasteiger partial charge in [0.15, 0.2) is 12.4 Å². The van der Waals surface area contributed by atoms with Crippen molar-refractivity contribution in [2.75, 3.05) is 20.3 Å². The predicted octanol–water partition coefficient (Wildman–Crippen LogP) is 2.35. The van der Waals surface area contributed by atoms with Crippen LogP contribution in [-0.4, -0.2) is 40.4 Å². The highest BCUT2D eigenvalue weighted by Crippen LogP contribution is 2.14. The molecule has 28 heavy (non-hydrogen) atoms. The lowest BCUT2D eigenvalue weighted by Crippen LogP contribution is -2.18. The van der Waals surface area contributed by atoms with E-state index >= 15 is 0 Å². The van der Waals surface area contributed by atoms with Crippen LogP contribution in [0.2, 0.25) is 0 Å². The van der Waals surface area contributed by atoms with E-state index in [0.717, 1.165) is 5.56 Å². The summed E-state index contributed by atoms with van der Waals surface area (Å²) in [7, 11) is -2.14. The second-order valence-electron chi connectivity index (χ2n) is 5.89. The summed E-state index contributed by atoms with van der Waals surface area (Å²) in [5.41, 5.74) is 1.24. The molecule has 0 aromatic heterocycles. The maximum absolute atomic E-state index is 12.1. The van der Waals surface area contributed by atoms with Crippen molar-refractivity contribution in [3.8, 4) is 5.75 Å². The number of Topliss-reactive ketones (excluding diaryl/α,β-unsaturated/α-hetero) is 1. The van der Waals surface area contributed by atoms with Gasteiger partial charge in [-0.3, -0.25) is 9.59 Å². The predicted molar refractivity (Wildman–Crippen MR) is 104 cm³/mol. The number of ether oxygens (including phenoxy) is 2. The molecule has 0 aliphatic heterocycles. The van der Waals surface area contributed by atoms with Crippen LogP contribution in [0.4, 0.5) is 0 Å². The molecule has 0 saturated carbocycles. The van der Waals surface area contributed by atoms with Crippen LogP contribution < -0.4 is 9.46 Å². The van der Waals surface area contributed by atoms with Crippen LogP contribution in [0.5, 0.6) is 5.75 Å². The molecule has 0 amide bonds. The van der Waals surface area contributed by atoms with Crippen LogP contribution in [0, 0.1) is 0 Å². The summed E-state index contributed by atoms with van der Waals surface area (Å²) in [6, 6.07) is 12.9. The molecule has 0 heterocycles. The zero-order valence-corrected chi connectivity index (χ0v) is 16.6. The molecule has 0 saturated heterocycles. The molecule has 2 aromatic rings. The van der Waals surface area contributed by atoms with Crippen LogP contribution >= 0.6 is 0 Å². The van der Waals surface area contributed by atoms with E-state index in [1.54, 1.807) is 36.4 Å². The van der Waals surface area contributed by atoms with E-state index in [2.05, 4.69) is 4.72 Å². The smallest absolute Gasteiger partial charge is 0.306 e. The average Bonchev–Trinajstić information content (AvgIpc) is 2.71. The number of aryl methyl sites for hydroxylation is 1. The molecule has 2 rings (SSSR count). The van der Waals surface area contributed by atoms with Crippen LogP contribution in [0.1, 0.15) is 29.3 Å². The van der Waals surface area contributed by atoms with E-state index in [1.807, 2.05) is 6.92 Å². The Kier molecular flexibility index (Phi) is 7.71. The van der Waals surface area contributed by atoms with Crippen molar-refractivity contribution >= 4 is 21.8 Å². The van der Waals surface area contributed by atoms with E-state index in [1.165, 1.54) is 19.2 Å². The van der Waals surface area contributed by atoms with Gasteiger partial charge in [-0.25, -0.2) is 13.1 Å². The minimum Gasteiger partial charge on any atom is -0.494 e. The first kappa shape index (κ1) is 21.6. The number of rotatable bonds is 10. The molecular formula is C20H23NO6S. The number of benzene rings is 2. The summed E-state index contributed by atoms with van der Waals surface area (Å²) in [4.78, 5) is 24.1. The second kappa shape index (κ2) is 10.0. The second-order valence-corrected chi connectivity index (χ2v) is 7.78. The number of hydrogen-bond acceptors (Lipinski definition) is 6. The Labute approximate surface area is 164 Å². The minimum atomic E-state index is -3.48. The molecular weight excluding hydrogens is 382 g/mol. The van der Waals surface area contributed by atoms with E-state index < -0.39 is 16.0 Å². The number of hydrogen-bond donors (Lipinski definition) is 1. The molecule has 0 spiro atoms. The number of ketones is 1. The van der Waals surface area contributed by atoms with Gasteiger partial charge in [-0.05, 0) is 62.4 Å². The highest BCUT2D eigenvalue weighted by molar-refractivity contribution is 7.89. The maximum atomic E-state index is 12.1. The van der Waals surface area contributed by atoms with Gasteiger partial charge in [0, 0.05) is 12.0 Å². The maximum Gasteiger partial charge on any atom is 0.306 e. The molecule has 0 bridgehead atoms. The summed E-state index contributed by atoms with van der Waals surface area (Å²) in [5, 5.41) is 0. The Morgan fingerprint density at radius 2 is 1.64 bits per heavy atom. The fraction of sp³-hybridized carbons (Fsp3) is 0.300. The molecule has 8 heteroatoms. The van der Waals surface area contributed by atoms with Gasteiger partial charge in [-0.1, -0.05) is 12.1 Å². The Hall–Kier alpha value is -2.71. The molecule has 150 valence electrons. The molecule has 1 N–H and O–H groups in total. The third-order valence-electron chi connectivity index (χ3n) is 3.97. The van der Waals surface area contributed by atoms with Crippen molar-refractivity contribution in [3.05, 3.63) is 59.7 Å². The van der Waals surface area contributed by atoms with Gasteiger partial charge in [-0.15, -0.1) is 0 Å². The van der Waals surface area contributed by atoms with Gasteiger partial charge < -0.3 is 9.47 Å². The summed E-state index contributed by atoms with van der Waals surface area (Å²) >= 11 is 0. The fourth-order valence-electron chi connectivity index (χ4n) is 2.40. The van der Waals surface area contributed by atoms with Gasteiger partial charge in [0.25, 0.3) is 0 Å². The zero-order valence-electron chi connectivity index (χ0n) is 15.8. The van der Waals surface area contributed by atoms with E-state index in [-0.39, 0.29) is 23.7 Å². The highest BCUT2D eigenvalue weighted by Gasteiger charge is 2.12. The number of esters is 1. The molecule has 0 fully saturated rings. The molecule has 0 radical (unpaired) electrons. The number of carbonyl (C=O) groups is 2. The van der Waals surface area contributed by atoms with E-state index in [0.29, 0.717) is 24.3 Å². The van der Waals surface area contributed by atoms with Crippen molar-refractivity contribution in [1.29, 1.82) is 0 Å². The fourth-order valence-corrected chi connectivity index (χ4v) is 3.13. The number of nitrogens with one attached hydrogen (secondary N) is 1. The lowest BCUT2D eigenvalue weighted by molar-refractivity contribution is -0.142. The van der Waals surface area contributed by atoms with E-state index in [4.69, 9.17) is 9.47 Å². The van der Waals surface area contributed by atoms with Gasteiger partial charge in [-0.2, -0.15) is 0 Å². The Morgan fingerprint density at radius 1 is 1.00 bits per heavy atom. The third kappa shape index (κ3) is 6.17. The minimum absolute atomic E-state index is 0.0919. The van der Waals surface area contributed by atoms with Crippen molar-refractivity contribution in [2.45, 2.75) is 24.7 Å². The first-order chi connectivity index (χ1) is 13.4. The van der Waals surface area contributed by atoms with Gasteiger partial charge in [0.05, 0.1) is 11.5 Å². The van der Waals surface area contributed by atoms with Crippen molar-refractivity contribution in [1.82, 2.24) is 4.72 Å². The first-order valence-electron chi connectivity index (χ1n) is 8.80. The molecule has 0 unspecified atom stereocenters. The molecule has 0 aliphatic carbocycles.